The maximum absolute atomic E-state index is 13.1. The minimum absolute atomic E-state index is 0.0708. The highest BCUT2D eigenvalue weighted by molar-refractivity contribution is 6.01. The van der Waals surface area contributed by atoms with Crippen molar-refractivity contribution in [3.05, 3.63) is 23.8 Å². The molecule has 0 radical (unpaired) electrons. The van der Waals surface area contributed by atoms with Gasteiger partial charge >= 0.3 is 0 Å². The van der Waals surface area contributed by atoms with E-state index in [2.05, 4.69) is 27.7 Å². The Balaban J connectivity index is 0.000000552. The van der Waals surface area contributed by atoms with Crippen molar-refractivity contribution in [3.8, 4) is 0 Å². The van der Waals surface area contributed by atoms with Crippen molar-refractivity contribution in [2.45, 2.75) is 73.6 Å². The van der Waals surface area contributed by atoms with E-state index < -0.39 is 0 Å². The van der Waals surface area contributed by atoms with Crippen molar-refractivity contribution in [2.24, 2.45) is 28.6 Å². The van der Waals surface area contributed by atoms with Crippen LogP contribution in [0.25, 0.3) is 0 Å². The molecule has 3 aliphatic rings. The zero-order valence-electron chi connectivity index (χ0n) is 17.2. The second-order valence-electron chi connectivity index (χ2n) is 8.94. The smallest absolute Gasteiger partial charge is 0.178 e. The van der Waals surface area contributed by atoms with Gasteiger partial charge in [0.05, 0.1) is 0 Å². The lowest BCUT2D eigenvalue weighted by Gasteiger charge is -2.56. The van der Waals surface area contributed by atoms with Gasteiger partial charge < -0.3 is 4.79 Å². The summed E-state index contributed by atoms with van der Waals surface area (Å²) in [6.45, 7) is 12.0. The van der Waals surface area contributed by atoms with Gasteiger partial charge in [-0.25, -0.2) is 0 Å². The Morgan fingerprint density at radius 2 is 1.81 bits per heavy atom. The van der Waals surface area contributed by atoms with Crippen molar-refractivity contribution in [1.82, 2.24) is 0 Å². The monoisotopic (exact) mass is 358 g/mol. The van der Waals surface area contributed by atoms with Crippen molar-refractivity contribution >= 4 is 17.3 Å². The second kappa shape index (κ2) is 7.62. The van der Waals surface area contributed by atoms with Crippen LogP contribution in [0.5, 0.6) is 0 Å². The van der Waals surface area contributed by atoms with E-state index >= 15 is 0 Å². The van der Waals surface area contributed by atoms with Gasteiger partial charge in [-0.1, -0.05) is 52.2 Å². The summed E-state index contributed by atoms with van der Waals surface area (Å²) in [5.74, 6) is 1.83. The maximum Gasteiger partial charge on any atom is 0.178 e. The average Bonchev–Trinajstić information content (AvgIpc) is 2.54. The normalized spacial score (nSPS) is 38.5. The Hall–Kier alpha value is -1.51. The van der Waals surface area contributed by atoms with E-state index in [1.807, 2.05) is 6.08 Å². The summed E-state index contributed by atoms with van der Waals surface area (Å²) >= 11 is 0. The summed E-state index contributed by atoms with van der Waals surface area (Å²) in [5.41, 5.74) is 1.11. The number of fused-ring (bicyclic) bond motifs is 3. The van der Waals surface area contributed by atoms with Gasteiger partial charge in [0.1, 0.15) is 11.6 Å². The molecule has 144 valence electrons. The lowest BCUT2D eigenvalue weighted by atomic mass is 9.47. The largest absolute Gasteiger partial charge is 0.300 e. The van der Waals surface area contributed by atoms with Gasteiger partial charge in [-0.05, 0) is 56.1 Å². The van der Waals surface area contributed by atoms with Crippen molar-refractivity contribution < 1.29 is 14.4 Å². The fourth-order valence-corrected chi connectivity index (χ4v) is 5.66. The highest BCUT2D eigenvalue weighted by atomic mass is 16.1. The van der Waals surface area contributed by atoms with E-state index in [4.69, 9.17) is 0 Å². The molecule has 0 saturated heterocycles. The molecule has 3 nitrogen and oxygen atoms in total. The summed E-state index contributed by atoms with van der Waals surface area (Å²) in [6.07, 6.45) is 10.5. The number of rotatable bonds is 2. The van der Waals surface area contributed by atoms with Crippen LogP contribution in [0.1, 0.15) is 73.6 Å². The molecule has 3 rings (SSSR count). The van der Waals surface area contributed by atoms with Gasteiger partial charge in [0, 0.05) is 17.8 Å². The van der Waals surface area contributed by atoms with E-state index in [9.17, 15) is 14.4 Å². The number of hydrogen-bond donors (Lipinski definition) is 0. The number of carbonyl (C=O) groups is 3. The first-order valence-corrected chi connectivity index (χ1v) is 10.0. The van der Waals surface area contributed by atoms with Gasteiger partial charge in [0.2, 0.25) is 0 Å². The molecular weight excluding hydrogens is 324 g/mol. The molecular formula is C23H34O3. The molecule has 0 spiro atoms. The zero-order valence-corrected chi connectivity index (χ0v) is 17.2. The van der Waals surface area contributed by atoms with Crippen LogP contribution in [-0.4, -0.2) is 17.3 Å². The molecule has 0 aromatic carbocycles. The van der Waals surface area contributed by atoms with Gasteiger partial charge in [0.15, 0.2) is 5.78 Å². The van der Waals surface area contributed by atoms with Crippen LogP contribution in [0.4, 0.5) is 0 Å². The molecule has 26 heavy (non-hydrogen) atoms. The molecule has 3 unspecified atom stereocenters. The Kier molecular flexibility index (Phi) is 6.09. The number of carbonyl (C=O) groups excluding carboxylic acids is 3. The van der Waals surface area contributed by atoms with Gasteiger partial charge in [-0.2, -0.15) is 0 Å². The lowest BCUT2D eigenvalue weighted by molar-refractivity contribution is -0.143. The number of allylic oxidation sites excluding steroid dienone is 4. The molecule has 0 bridgehead atoms. The first-order valence-electron chi connectivity index (χ1n) is 10.0. The first kappa shape index (κ1) is 20.8. The van der Waals surface area contributed by atoms with Gasteiger partial charge in [-0.3, -0.25) is 9.59 Å². The predicted octanol–water partition coefficient (Wildman–Crippen LogP) is 5.09. The first-order chi connectivity index (χ1) is 12.1. The second-order valence-corrected chi connectivity index (χ2v) is 8.94. The third-order valence-corrected chi connectivity index (χ3v) is 7.01. The highest BCUT2D eigenvalue weighted by Crippen LogP contribution is 2.60. The standard InChI is InChI=1S/C20H28O2.C3H6O/c1-5-16-15-8-7-13-11-14(21)9-10-20(13,4)18(15)17(22)12-19(16,3)6-2;1-3(2)4/h9-11,15-16,18H,5-8,12H2,1-4H3;1-2H3/t15?,16?,18?,19-,20-;/m0./s1. The summed E-state index contributed by atoms with van der Waals surface area (Å²) < 4.78 is 0. The van der Waals surface area contributed by atoms with Crippen molar-refractivity contribution in [2.75, 3.05) is 0 Å². The molecule has 5 atom stereocenters. The number of ketones is 3. The molecule has 2 saturated carbocycles. The lowest BCUT2D eigenvalue weighted by Crippen LogP contribution is -2.54. The molecule has 0 amide bonds. The third kappa shape index (κ3) is 3.63. The van der Waals surface area contributed by atoms with E-state index in [1.165, 1.54) is 19.4 Å². The number of hydrogen-bond acceptors (Lipinski definition) is 3. The molecule has 2 fully saturated rings. The van der Waals surface area contributed by atoms with Crippen LogP contribution in [0, 0.1) is 28.6 Å². The topological polar surface area (TPSA) is 51.2 Å². The fraction of sp³-hybridized carbons (Fsp3) is 0.696. The van der Waals surface area contributed by atoms with E-state index in [-0.39, 0.29) is 28.3 Å². The van der Waals surface area contributed by atoms with Crippen molar-refractivity contribution in [3.63, 3.8) is 0 Å². The molecule has 0 aromatic rings. The Labute approximate surface area is 158 Å². The van der Waals surface area contributed by atoms with Crippen molar-refractivity contribution in [1.29, 1.82) is 0 Å². The van der Waals surface area contributed by atoms with E-state index in [0.29, 0.717) is 24.0 Å². The zero-order chi connectivity index (χ0) is 19.7. The van der Waals surface area contributed by atoms with Gasteiger partial charge in [0.25, 0.3) is 0 Å². The van der Waals surface area contributed by atoms with Crippen LogP contribution in [0.3, 0.4) is 0 Å². The third-order valence-electron chi connectivity index (χ3n) is 7.01. The predicted molar refractivity (Wildman–Crippen MR) is 105 cm³/mol. The Morgan fingerprint density at radius 1 is 1.19 bits per heavy atom. The molecule has 3 aliphatic carbocycles. The van der Waals surface area contributed by atoms with Crippen LogP contribution in [-0.2, 0) is 14.4 Å². The maximum atomic E-state index is 13.1. The van der Waals surface area contributed by atoms with Crippen LogP contribution < -0.4 is 0 Å². The molecule has 0 aromatic heterocycles. The average molecular weight is 359 g/mol. The number of Topliss-reactive ketones (excluding diaryl/α,β-unsaturated/α-hetero) is 2. The quantitative estimate of drug-likeness (QED) is 0.690. The van der Waals surface area contributed by atoms with Gasteiger partial charge in [-0.15, -0.1) is 0 Å². The summed E-state index contributed by atoms with van der Waals surface area (Å²) in [6, 6.07) is 0. The molecule has 0 aliphatic heterocycles. The van der Waals surface area contributed by atoms with Crippen LogP contribution in [0.2, 0.25) is 0 Å². The van der Waals surface area contributed by atoms with E-state index in [1.54, 1.807) is 12.2 Å². The summed E-state index contributed by atoms with van der Waals surface area (Å²) in [7, 11) is 0. The minimum atomic E-state index is -0.226. The SMILES string of the molecule is CC(C)=O.CCC1C2CCC3=CC(=O)C=C[C@]3(C)C2C(=O)C[C@]1(C)CC. The Morgan fingerprint density at radius 3 is 2.35 bits per heavy atom. The van der Waals surface area contributed by atoms with E-state index in [0.717, 1.165) is 25.7 Å². The molecule has 0 heterocycles. The van der Waals surface area contributed by atoms with Crippen LogP contribution >= 0.6 is 0 Å². The molecule has 0 N–H and O–H groups in total. The Bertz CT molecular complexity index is 652. The highest BCUT2D eigenvalue weighted by Gasteiger charge is 2.56. The minimum Gasteiger partial charge on any atom is -0.300 e. The fourth-order valence-electron chi connectivity index (χ4n) is 5.66. The summed E-state index contributed by atoms with van der Waals surface area (Å²) in [4.78, 5) is 34.2. The molecule has 3 heteroatoms. The van der Waals surface area contributed by atoms with Crippen LogP contribution in [0.15, 0.2) is 23.8 Å². The summed E-state index contributed by atoms with van der Waals surface area (Å²) in [5, 5.41) is 0.